The highest BCUT2D eigenvalue weighted by Crippen LogP contribution is 2.05. The van der Waals surface area contributed by atoms with E-state index in [2.05, 4.69) is 9.80 Å². The predicted octanol–water partition coefficient (Wildman–Crippen LogP) is -4.75. The molecule has 0 aliphatic carbocycles. The Morgan fingerprint density at radius 3 is 1.27 bits per heavy atom. The third-order valence-electron chi connectivity index (χ3n) is 8.98. The molecule has 1 fully saturated rings. The number of hydrogen-bond acceptors (Lipinski definition) is 18. The molecule has 0 bridgehead atoms. The lowest BCUT2D eigenvalue weighted by atomic mass is 10.1. The summed E-state index contributed by atoms with van der Waals surface area (Å²) in [4.78, 5) is 57.8. The number of aliphatic carboxylic acids is 3. The highest BCUT2D eigenvalue weighted by atomic mass is 16.5. The zero-order valence-electron chi connectivity index (χ0n) is 32.9. The second kappa shape index (κ2) is 33.5. The van der Waals surface area contributed by atoms with Crippen molar-refractivity contribution in [1.29, 1.82) is 0 Å². The number of carboxylic acids is 3. The SMILES string of the molecule is NCC(C=O)CN(CCOCCOCCO)CCN(CCOCCOCCO)CC(O)CN1CCN(CC(=O)O)CCN(CC(=O)O)CCN(CC(=O)O)CC1. The van der Waals surface area contributed by atoms with Crippen LogP contribution in [-0.2, 0) is 38.1 Å². The van der Waals surface area contributed by atoms with Crippen LogP contribution >= 0.6 is 0 Å². The van der Waals surface area contributed by atoms with E-state index >= 15 is 0 Å². The molecule has 21 nitrogen and oxygen atoms in total. The highest BCUT2D eigenvalue weighted by Gasteiger charge is 2.23. The van der Waals surface area contributed by atoms with Crippen molar-refractivity contribution in [1.82, 2.24) is 29.4 Å². The number of carbonyl (C=O) groups is 4. The van der Waals surface area contributed by atoms with Crippen LogP contribution in [0.5, 0.6) is 0 Å². The van der Waals surface area contributed by atoms with Gasteiger partial charge in [-0.2, -0.15) is 0 Å². The molecule has 56 heavy (non-hydrogen) atoms. The van der Waals surface area contributed by atoms with E-state index < -0.39 is 24.0 Å². The minimum Gasteiger partial charge on any atom is -0.480 e. The topological polar surface area (TPSA) is 272 Å². The number of rotatable bonds is 33. The van der Waals surface area contributed by atoms with E-state index in [1.165, 1.54) is 0 Å². The summed E-state index contributed by atoms with van der Waals surface area (Å²) in [5, 5.41) is 57.8. The fourth-order valence-electron chi connectivity index (χ4n) is 6.00. The molecular formula is C35H69N7O14. The van der Waals surface area contributed by atoms with Gasteiger partial charge in [0.05, 0.1) is 91.8 Å². The van der Waals surface area contributed by atoms with E-state index in [4.69, 9.17) is 34.9 Å². The molecule has 1 aliphatic heterocycles. The van der Waals surface area contributed by atoms with Crippen molar-refractivity contribution >= 4 is 24.2 Å². The first kappa shape index (κ1) is 51.5. The number of aldehydes is 1. The van der Waals surface area contributed by atoms with Gasteiger partial charge in [-0.1, -0.05) is 0 Å². The Kier molecular flexibility index (Phi) is 30.8. The van der Waals surface area contributed by atoms with E-state index in [0.717, 1.165) is 6.29 Å². The van der Waals surface area contributed by atoms with E-state index in [-0.39, 0.29) is 84.7 Å². The maximum Gasteiger partial charge on any atom is 0.317 e. The van der Waals surface area contributed by atoms with Crippen molar-refractivity contribution in [3.05, 3.63) is 0 Å². The molecule has 2 atom stereocenters. The van der Waals surface area contributed by atoms with Gasteiger partial charge in [0.1, 0.15) is 6.29 Å². The molecule has 2 unspecified atom stereocenters. The summed E-state index contributed by atoms with van der Waals surface area (Å²) >= 11 is 0. The van der Waals surface area contributed by atoms with Crippen molar-refractivity contribution in [3.8, 4) is 0 Å². The van der Waals surface area contributed by atoms with Gasteiger partial charge in [0.2, 0.25) is 0 Å². The lowest BCUT2D eigenvalue weighted by Gasteiger charge is -2.34. The number of aliphatic hydroxyl groups excluding tert-OH is 3. The first-order valence-corrected chi connectivity index (χ1v) is 19.3. The van der Waals surface area contributed by atoms with E-state index in [9.17, 15) is 39.6 Å². The number of aliphatic hydroxyl groups is 3. The molecule has 0 saturated carbocycles. The van der Waals surface area contributed by atoms with Crippen LogP contribution in [-0.4, -0.2) is 281 Å². The van der Waals surface area contributed by atoms with Crippen LogP contribution in [0.25, 0.3) is 0 Å². The lowest BCUT2D eigenvalue weighted by molar-refractivity contribution is -0.140. The Bertz CT molecular complexity index is 1010. The fraction of sp³-hybridized carbons (Fsp3) is 0.886. The van der Waals surface area contributed by atoms with Crippen molar-refractivity contribution in [2.75, 3.05) is 190 Å². The molecule has 8 N–H and O–H groups in total. The molecule has 21 heteroatoms. The maximum atomic E-state index is 11.7. The zero-order chi connectivity index (χ0) is 41.4. The Labute approximate surface area is 330 Å². The van der Waals surface area contributed by atoms with Crippen molar-refractivity contribution in [3.63, 3.8) is 0 Å². The number of carbonyl (C=O) groups excluding carboxylic acids is 1. The summed E-state index contributed by atoms with van der Waals surface area (Å²) in [6.45, 7) is 7.26. The third kappa shape index (κ3) is 28.0. The maximum absolute atomic E-state index is 11.7. The van der Waals surface area contributed by atoms with Gasteiger partial charge >= 0.3 is 17.9 Å². The normalized spacial score (nSPS) is 17.1. The van der Waals surface area contributed by atoms with Gasteiger partial charge in [-0.25, -0.2) is 0 Å². The molecule has 1 heterocycles. The summed E-state index contributed by atoms with van der Waals surface area (Å²) in [7, 11) is 0. The van der Waals surface area contributed by atoms with Gasteiger partial charge < -0.3 is 60.1 Å². The summed E-state index contributed by atoms with van der Waals surface area (Å²) in [5.74, 6) is -3.44. The Balaban J connectivity index is 3.07. The summed E-state index contributed by atoms with van der Waals surface area (Å²) < 4.78 is 22.0. The van der Waals surface area contributed by atoms with Crippen LogP contribution < -0.4 is 5.73 Å². The molecule has 0 radical (unpaired) electrons. The minimum absolute atomic E-state index is 0.0704. The van der Waals surface area contributed by atoms with Crippen LogP contribution in [0, 0.1) is 5.92 Å². The first-order valence-electron chi connectivity index (χ1n) is 19.3. The van der Waals surface area contributed by atoms with Crippen molar-refractivity contribution in [2.24, 2.45) is 11.7 Å². The van der Waals surface area contributed by atoms with E-state index in [1.54, 1.807) is 14.7 Å². The summed E-state index contributed by atoms with van der Waals surface area (Å²) in [6, 6.07) is 0. The van der Waals surface area contributed by atoms with Crippen molar-refractivity contribution in [2.45, 2.75) is 6.10 Å². The predicted molar refractivity (Wildman–Crippen MR) is 204 cm³/mol. The number of hydrogen-bond donors (Lipinski definition) is 7. The Hall–Kier alpha value is -2.48. The van der Waals surface area contributed by atoms with Gasteiger partial charge in [-0.15, -0.1) is 0 Å². The molecule has 0 aromatic heterocycles. The highest BCUT2D eigenvalue weighted by molar-refractivity contribution is 5.69. The van der Waals surface area contributed by atoms with Gasteiger partial charge in [-0.3, -0.25) is 43.8 Å². The number of carboxylic acid groups (broad SMARTS) is 3. The molecule has 328 valence electrons. The van der Waals surface area contributed by atoms with Crippen LogP contribution in [0.2, 0.25) is 0 Å². The van der Waals surface area contributed by atoms with Gasteiger partial charge in [0, 0.05) is 111 Å². The quantitative estimate of drug-likeness (QED) is 0.0242. The molecule has 0 aromatic rings. The monoisotopic (exact) mass is 811 g/mol. The molecular weight excluding hydrogens is 742 g/mol. The molecule has 0 amide bonds. The number of nitrogens with zero attached hydrogens (tertiary/aromatic N) is 6. The number of ether oxygens (including phenoxy) is 4. The number of β-amino-alcohol motifs (C(OH)–C–C–N with tert-alkyl or cyclic N) is 1. The van der Waals surface area contributed by atoms with Gasteiger partial charge in [-0.05, 0) is 0 Å². The molecule has 1 saturated heterocycles. The smallest absolute Gasteiger partial charge is 0.317 e. The first-order chi connectivity index (χ1) is 27.0. The van der Waals surface area contributed by atoms with E-state index in [0.29, 0.717) is 112 Å². The lowest BCUT2D eigenvalue weighted by Crippen LogP contribution is -2.50. The van der Waals surface area contributed by atoms with E-state index in [1.807, 2.05) is 4.90 Å². The molecule has 1 aliphatic rings. The van der Waals surface area contributed by atoms with Gasteiger partial charge in [0.25, 0.3) is 0 Å². The Morgan fingerprint density at radius 1 is 0.571 bits per heavy atom. The average Bonchev–Trinajstić information content (AvgIpc) is 3.14. The average molecular weight is 812 g/mol. The number of nitrogens with two attached hydrogens (primary N) is 1. The zero-order valence-corrected chi connectivity index (χ0v) is 32.9. The van der Waals surface area contributed by atoms with Crippen LogP contribution in [0.3, 0.4) is 0 Å². The minimum atomic E-state index is -1.03. The van der Waals surface area contributed by atoms with Crippen LogP contribution in [0.4, 0.5) is 0 Å². The largest absolute Gasteiger partial charge is 0.480 e. The molecule has 1 rings (SSSR count). The second-order valence-corrected chi connectivity index (χ2v) is 13.6. The van der Waals surface area contributed by atoms with Crippen LogP contribution in [0.15, 0.2) is 0 Å². The van der Waals surface area contributed by atoms with Gasteiger partial charge in [0.15, 0.2) is 0 Å². The third-order valence-corrected chi connectivity index (χ3v) is 8.98. The fourth-order valence-corrected chi connectivity index (χ4v) is 6.00. The molecule has 0 spiro atoms. The summed E-state index contributed by atoms with van der Waals surface area (Å²) in [6.07, 6.45) is -0.0196. The van der Waals surface area contributed by atoms with Crippen molar-refractivity contribution < 1.29 is 68.8 Å². The van der Waals surface area contributed by atoms with Crippen LogP contribution in [0.1, 0.15) is 0 Å². The standard InChI is InChI=1S/C35H69N7O14/c36-23-31(30-45)24-41(11-15-53-19-21-55-17-13-43)9-10-42(12-16-54-20-22-56-18-14-44)26-32(46)25-37-1-3-38(27-33(47)48)5-7-40(29-35(51)52)8-6-39(4-2-37)28-34(49)50/h30-32,43-44,46H,1-29,36H2,(H,47,48)(H,49,50)(H,51,52). The molecule has 0 aromatic carbocycles. The summed E-state index contributed by atoms with van der Waals surface area (Å²) in [5.41, 5.74) is 5.83. The Morgan fingerprint density at radius 2 is 0.929 bits per heavy atom. The second-order valence-electron chi connectivity index (χ2n) is 13.6.